The largest absolute Gasteiger partial charge is 0.418 e. The first-order valence-electron chi connectivity index (χ1n) is 5.91. The molecule has 1 fully saturated rings. The van der Waals surface area contributed by atoms with Crippen molar-refractivity contribution < 1.29 is 19.1 Å². The Morgan fingerprint density at radius 2 is 1.58 bits per heavy atom. The highest BCUT2D eigenvalue weighted by molar-refractivity contribution is 6.63. The number of rotatable bonds is 1. The van der Waals surface area contributed by atoms with E-state index in [-0.39, 0.29) is 5.71 Å². The van der Waals surface area contributed by atoms with Crippen LogP contribution in [0, 0.1) is 13.8 Å². The van der Waals surface area contributed by atoms with Gasteiger partial charge in [-0.15, -0.1) is 0 Å². The topological polar surface area (TPSA) is 65.0 Å². The number of ether oxygens (including phenoxy) is 2. The maximum Gasteiger partial charge on any atom is 0.367 e. The summed E-state index contributed by atoms with van der Waals surface area (Å²) in [7, 11) is 0. The Hall–Kier alpha value is -2.17. The zero-order chi connectivity index (χ0) is 14.2. The fraction of sp³-hybridized carbons (Fsp3) is 0.357. The minimum atomic E-state index is -1.24. The highest BCUT2D eigenvalue weighted by Crippen LogP contribution is 2.22. The van der Waals surface area contributed by atoms with Gasteiger partial charge in [-0.1, -0.05) is 6.07 Å². The lowest BCUT2D eigenvalue weighted by atomic mass is 10.1. The van der Waals surface area contributed by atoms with E-state index in [1.165, 1.54) is 13.8 Å². The summed E-state index contributed by atoms with van der Waals surface area (Å²) >= 11 is 0. The Kier molecular flexibility index (Phi) is 3.14. The van der Waals surface area contributed by atoms with Crippen molar-refractivity contribution >= 4 is 23.3 Å². The normalized spacial score (nSPS) is 17.8. The lowest BCUT2D eigenvalue weighted by molar-refractivity contribution is -0.214. The second kappa shape index (κ2) is 4.50. The number of carbonyl (C=O) groups excluding carboxylic acids is 2. The second-order valence-electron chi connectivity index (χ2n) is 4.91. The van der Waals surface area contributed by atoms with E-state index in [1.807, 2.05) is 19.9 Å². The SMILES string of the molecule is Cc1ccc(N=C2C(=O)OC(C)(C)OC2=O)cc1C. The molecule has 0 amide bonds. The molecule has 2 rings (SSSR count). The number of esters is 2. The van der Waals surface area contributed by atoms with Gasteiger partial charge in [0, 0.05) is 13.8 Å². The van der Waals surface area contributed by atoms with Crippen LogP contribution in [0.25, 0.3) is 0 Å². The first-order valence-corrected chi connectivity index (χ1v) is 5.91. The number of aryl methyl sites for hydroxylation is 2. The molecule has 5 nitrogen and oxygen atoms in total. The molecule has 0 unspecified atom stereocenters. The third kappa shape index (κ3) is 2.81. The molecule has 100 valence electrons. The molecule has 1 aliphatic heterocycles. The molecule has 0 radical (unpaired) electrons. The smallest absolute Gasteiger partial charge is 0.367 e. The number of hydrogen-bond donors (Lipinski definition) is 0. The molecule has 0 bridgehead atoms. The van der Waals surface area contributed by atoms with Crippen molar-refractivity contribution in [2.45, 2.75) is 33.5 Å². The van der Waals surface area contributed by atoms with Gasteiger partial charge in [0.25, 0.3) is 5.79 Å². The predicted molar refractivity (Wildman–Crippen MR) is 69.3 cm³/mol. The van der Waals surface area contributed by atoms with E-state index in [4.69, 9.17) is 9.47 Å². The van der Waals surface area contributed by atoms with E-state index in [0.29, 0.717) is 5.69 Å². The number of benzene rings is 1. The van der Waals surface area contributed by atoms with Crippen LogP contribution in [-0.4, -0.2) is 23.4 Å². The fourth-order valence-corrected chi connectivity index (χ4v) is 1.66. The number of aliphatic imine (C=N–C) groups is 1. The van der Waals surface area contributed by atoms with Crippen molar-refractivity contribution in [3.8, 4) is 0 Å². The zero-order valence-corrected chi connectivity index (χ0v) is 11.3. The van der Waals surface area contributed by atoms with Crippen LogP contribution in [-0.2, 0) is 19.1 Å². The molecule has 19 heavy (non-hydrogen) atoms. The summed E-state index contributed by atoms with van der Waals surface area (Å²) in [6.07, 6.45) is 0. The van der Waals surface area contributed by atoms with Crippen molar-refractivity contribution in [1.82, 2.24) is 0 Å². The fourth-order valence-electron chi connectivity index (χ4n) is 1.66. The van der Waals surface area contributed by atoms with Gasteiger partial charge in [-0.25, -0.2) is 14.6 Å². The molecule has 0 saturated carbocycles. The first-order chi connectivity index (χ1) is 8.78. The van der Waals surface area contributed by atoms with Crippen molar-refractivity contribution in [1.29, 1.82) is 0 Å². The first kappa shape index (κ1) is 13.3. The standard InChI is InChI=1S/C14H15NO4/c1-8-5-6-10(7-9(8)2)15-11-12(16)18-14(3,4)19-13(11)17/h5-7H,1-4H3. The van der Waals surface area contributed by atoms with Crippen molar-refractivity contribution in [3.05, 3.63) is 29.3 Å². The lowest BCUT2D eigenvalue weighted by Crippen LogP contribution is -2.46. The van der Waals surface area contributed by atoms with Gasteiger partial charge in [0.2, 0.25) is 5.71 Å². The molecular formula is C14H15NO4. The van der Waals surface area contributed by atoms with Crippen LogP contribution in [0.4, 0.5) is 5.69 Å². The molecule has 1 aromatic carbocycles. The monoisotopic (exact) mass is 261 g/mol. The summed E-state index contributed by atoms with van der Waals surface area (Å²) in [5.41, 5.74) is 2.33. The average molecular weight is 261 g/mol. The van der Waals surface area contributed by atoms with E-state index >= 15 is 0 Å². The van der Waals surface area contributed by atoms with Gasteiger partial charge in [-0.2, -0.15) is 0 Å². The Morgan fingerprint density at radius 3 is 2.11 bits per heavy atom. The minimum Gasteiger partial charge on any atom is -0.418 e. The van der Waals surface area contributed by atoms with Gasteiger partial charge in [-0.05, 0) is 37.1 Å². The summed E-state index contributed by atoms with van der Waals surface area (Å²) in [6, 6.07) is 5.40. The van der Waals surface area contributed by atoms with E-state index < -0.39 is 17.7 Å². The van der Waals surface area contributed by atoms with Gasteiger partial charge >= 0.3 is 11.9 Å². The van der Waals surface area contributed by atoms with E-state index in [1.54, 1.807) is 12.1 Å². The number of hydrogen-bond acceptors (Lipinski definition) is 5. The summed E-state index contributed by atoms with van der Waals surface area (Å²) in [5, 5.41) is 0. The molecule has 0 atom stereocenters. The molecule has 1 aromatic rings. The maximum atomic E-state index is 11.7. The number of carbonyl (C=O) groups is 2. The molecule has 1 aliphatic rings. The third-order valence-corrected chi connectivity index (χ3v) is 2.80. The van der Waals surface area contributed by atoms with Gasteiger partial charge < -0.3 is 9.47 Å². The Balaban J connectivity index is 2.35. The molecule has 0 aromatic heterocycles. The summed E-state index contributed by atoms with van der Waals surface area (Å²) in [5.74, 6) is -2.77. The van der Waals surface area contributed by atoms with Crippen LogP contribution in [0.1, 0.15) is 25.0 Å². The van der Waals surface area contributed by atoms with Crippen LogP contribution in [0.15, 0.2) is 23.2 Å². The predicted octanol–water partition coefficient (Wildman–Crippen LogP) is 2.21. The summed E-state index contributed by atoms with van der Waals surface area (Å²) in [6.45, 7) is 6.89. The molecule has 1 heterocycles. The number of cyclic esters (lactones) is 2. The Bertz CT molecular complexity index is 565. The lowest BCUT2D eigenvalue weighted by Gasteiger charge is -2.29. The van der Waals surface area contributed by atoms with Crippen molar-refractivity contribution in [2.24, 2.45) is 4.99 Å². The Morgan fingerprint density at radius 1 is 1.00 bits per heavy atom. The Labute approximate surface area is 111 Å². The van der Waals surface area contributed by atoms with Gasteiger partial charge in [0.05, 0.1) is 5.69 Å². The summed E-state index contributed by atoms with van der Waals surface area (Å²) < 4.78 is 9.94. The van der Waals surface area contributed by atoms with E-state index in [0.717, 1.165) is 11.1 Å². The molecule has 0 N–H and O–H groups in total. The van der Waals surface area contributed by atoms with E-state index in [2.05, 4.69) is 4.99 Å². The van der Waals surface area contributed by atoms with Gasteiger partial charge in [0.1, 0.15) is 0 Å². The van der Waals surface area contributed by atoms with Gasteiger partial charge in [0.15, 0.2) is 0 Å². The number of nitrogens with zero attached hydrogens (tertiary/aromatic N) is 1. The molecular weight excluding hydrogens is 246 g/mol. The molecule has 0 spiro atoms. The maximum absolute atomic E-state index is 11.7. The highest BCUT2D eigenvalue weighted by Gasteiger charge is 2.40. The van der Waals surface area contributed by atoms with E-state index in [9.17, 15) is 9.59 Å². The van der Waals surface area contributed by atoms with Crippen LogP contribution in [0.2, 0.25) is 0 Å². The second-order valence-corrected chi connectivity index (χ2v) is 4.91. The van der Waals surface area contributed by atoms with Crippen LogP contribution in [0.3, 0.4) is 0 Å². The van der Waals surface area contributed by atoms with Crippen molar-refractivity contribution in [2.75, 3.05) is 0 Å². The quantitative estimate of drug-likeness (QED) is 0.727. The van der Waals surface area contributed by atoms with Crippen LogP contribution < -0.4 is 0 Å². The van der Waals surface area contributed by atoms with Crippen molar-refractivity contribution in [3.63, 3.8) is 0 Å². The van der Waals surface area contributed by atoms with Gasteiger partial charge in [-0.3, -0.25) is 0 Å². The van der Waals surface area contributed by atoms with Crippen LogP contribution in [0.5, 0.6) is 0 Å². The molecule has 5 heteroatoms. The minimum absolute atomic E-state index is 0.331. The zero-order valence-electron chi connectivity index (χ0n) is 11.3. The highest BCUT2D eigenvalue weighted by atomic mass is 16.7. The third-order valence-electron chi connectivity index (χ3n) is 2.80. The summed E-state index contributed by atoms with van der Waals surface area (Å²) in [4.78, 5) is 27.5. The molecule has 1 saturated heterocycles. The average Bonchev–Trinajstić information content (AvgIpc) is 2.27. The van der Waals surface area contributed by atoms with Crippen LogP contribution >= 0.6 is 0 Å². The molecule has 0 aliphatic carbocycles.